The van der Waals surface area contributed by atoms with Gasteiger partial charge in [0.1, 0.15) is 17.3 Å². The number of methoxy groups -OCH3 is 1. The summed E-state index contributed by atoms with van der Waals surface area (Å²) >= 11 is 0. The van der Waals surface area contributed by atoms with Gasteiger partial charge in [-0.2, -0.15) is 9.78 Å². The maximum atomic E-state index is 13.7. The van der Waals surface area contributed by atoms with Gasteiger partial charge in [0.15, 0.2) is 0 Å². The number of esters is 1. The van der Waals surface area contributed by atoms with E-state index in [0.717, 1.165) is 11.1 Å². The zero-order chi connectivity index (χ0) is 28.2. The van der Waals surface area contributed by atoms with Crippen LogP contribution in [-0.4, -0.2) is 28.8 Å². The summed E-state index contributed by atoms with van der Waals surface area (Å²) in [6, 6.07) is 27.6. The Labute approximate surface area is 230 Å². The van der Waals surface area contributed by atoms with Gasteiger partial charge in [-0.15, -0.1) is 0 Å². The molecule has 200 valence electrons. The maximum Gasteiger partial charge on any atom is 0.309 e. The number of aryl methyl sites for hydroxylation is 1. The number of amides is 1. The number of anilines is 1. The van der Waals surface area contributed by atoms with Crippen LogP contribution in [0.3, 0.4) is 0 Å². The smallest absolute Gasteiger partial charge is 0.309 e. The van der Waals surface area contributed by atoms with Gasteiger partial charge in [-0.1, -0.05) is 48.0 Å². The highest BCUT2D eigenvalue weighted by atomic mass is 19.1. The number of rotatable bonds is 7. The first-order valence-corrected chi connectivity index (χ1v) is 12.5. The van der Waals surface area contributed by atoms with Gasteiger partial charge in [0.2, 0.25) is 5.88 Å². The van der Waals surface area contributed by atoms with Crippen molar-refractivity contribution in [3.63, 3.8) is 0 Å². The van der Waals surface area contributed by atoms with E-state index in [4.69, 9.17) is 14.6 Å². The summed E-state index contributed by atoms with van der Waals surface area (Å²) in [5, 5.41) is 7.69. The van der Waals surface area contributed by atoms with E-state index in [1.807, 2.05) is 43.3 Å². The van der Waals surface area contributed by atoms with Crippen LogP contribution in [0, 0.1) is 12.7 Å². The van der Waals surface area contributed by atoms with E-state index in [1.54, 1.807) is 55.6 Å². The van der Waals surface area contributed by atoms with E-state index in [2.05, 4.69) is 5.32 Å². The summed E-state index contributed by atoms with van der Waals surface area (Å²) in [4.78, 5) is 25.0. The first-order valence-electron chi connectivity index (χ1n) is 12.5. The third-order valence-corrected chi connectivity index (χ3v) is 6.24. The molecule has 1 amide bonds. The second-order valence-corrected chi connectivity index (χ2v) is 9.14. The van der Waals surface area contributed by atoms with Crippen LogP contribution >= 0.6 is 0 Å². The predicted molar refractivity (Wildman–Crippen MR) is 151 cm³/mol. The van der Waals surface area contributed by atoms with Gasteiger partial charge in [-0.05, 0) is 67.1 Å². The molecule has 0 aliphatic carbocycles. The first-order chi connectivity index (χ1) is 19.3. The molecule has 0 aliphatic rings. The maximum absolute atomic E-state index is 13.7. The van der Waals surface area contributed by atoms with Crippen molar-refractivity contribution in [1.82, 2.24) is 9.78 Å². The molecular weight excluding hydrogens is 509 g/mol. The van der Waals surface area contributed by atoms with Crippen LogP contribution in [0.2, 0.25) is 0 Å². The molecular formula is C32H26FN3O4. The lowest BCUT2D eigenvalue weighted by molar-refractivity contribution is -0.132. The van der Waals surface area contributed by atoms with Crippen molar-refractivity contribution in [3.8, 4) is 39.7 Å². The van der Waals surface area contributed by atoms with Gasteiger partial charge in [-0.3, -0.25) is 9.59 Å². The molecule has 0 spiro atoms. The lowest BCUT2D eigenvalue weighted by atomic mass is 10.00. The highest BCUT2D eigenvalue weighted by Gasteiger charge is 2.24. The average molecular weight is 536 g/mol. The summed E-state index contributed by atoms with van der Waals surface area (Å²) in [6.07, 6.45) is 0. The van der Waals surface area contributed by atoms with Gasteiger partial charge in [-0.25, -0.2) is 4.39 Å². The average Bonchev–Trinajstić information content (AvgIpc) is 3.32. The van der Waals surface area contributed by atoms with Crippen LogP contribution in [-0.2, 0) is 4.79 Å². The molecule has 4 aromatic carbocycles. The second kappa shape index (κ2) is 11.2. The van der Waals surface area contributed by atoms with Crippen molar-refractivity contribution in [1.29, 1.82) is 0 Å². The number of halogens is 1. The number of carbonyl (C=O) groups excluding carboxylic acids is 2. The number of aromatic nitrogens is 2. The van der Waals surface area contributed by atoms with Crippen molar-refractivity contribution in [2.45, 2.75) is 13.8 Å². The van der Waals surface area contributed by atoms with Gasteiger partial charge >= 0.3 is 5.97 Å². The molecule has 0 atom stereocenters. The Morgan fingerprint density at radius 3 is 2.20 bits per heavy atom. The molecule has 8 heteroatoms. The van der Waals surface area contributed by atoms with Crippen LogP contribution in [0.4, 0.5) is 10.1 Å². The highest BCUT2D eigenvalue weighted by Crippen LogP contribution is 2.41. The molecule has 1 heterocycles. The van der Waals surface area contributed by atoms with Crippen molar-refractivity contribution >= 4 is 17.6 Å². The molecule has 1 aromatic heterocycles. The Hall–Kier alpha value is -5.24. The molecule has 0 saturated heterocycles. The van der Waals surface area contributed by atoms with Gasteiger partial charge < -0.3 is 14.8 Å². The van der Waals surface area contributed by atoms with Gasteiger partial charge in [0.05, 0.1) is 18.4 Å². The van der Waals surface area contributed by atoms with Crippen LogP contribution in [0.1, 0.15) is 22.8 Å². The fourth-order valence-corrected chi connectivity index (χ4v) is 4.25. The van der Waals surface area contributed by atoms with E-state index >= 15 is 0 Å². The monoisotopic (exact) mass is 535 g/mol. The summed E-state index contributed by atoms with van der Waals surface area (Å²) in [5.74, 6) is -0.417. The molecule has 40 heavy (non-hydrogen) atoms. The topological polar surface area (TPSA) is 82.4 Å². The molecule has 5 rings (SSSR count). The standard InChI is InChI=1S/C32H26FN3O4/c1-20-7-9-23(10-8-20)30-29(32(40-21(2)37)36(35-30)27-17-13-25(33)14-18-27)22-11-15-26(16-12-22)34-31(38)24-5-4-6-28(19-24)39-3/h4-19H,1-3H3,(H,34,38). The largest absolute Gasteiger partial charge is 0.497 e. The summed E-state index contributed by atoms with van der Waals surface area (Å²) in [6.45, 7) is 3.30. The quantitative estimate of drug-likeness (QED) is 0.231. The molecule has 0 bridgehead atoms. The number of benzene rings is 4. The van der Waals surface area contributed by atoms with E-state index in [9.17, 15) is 14.0 Å². The van der Waals surface area contributed by atoms with Gasteiger partial charge in [0.25, 0.3) is 5.91 Å². The van der Waals surface area contributed by atoms with Crippen molar-refractivity contribution < 1.29 is 23.5 Å². The number of carbonyl (C=O) groups is 2. The number of nitrogens with zero attached hydrogens (tertiary/aromatic N) is 2. The van der Waals surface area contributed by atoms with Crippen LogP contribution in [0.25, 0.3) is 28.1 Å². The molecule has 0 aliphatic heterocycles. The molecule has 0 radical (unpaired) electrons. The lowest BCUT2D eigenvalue weighted by Crippen LogP contribution is -2.11. The zero-order valence-corrected chi connectivity index (χ0v) is 22.1. The minimum atomic E-state index is -0.526. The fourth-order valence-electron chi connectivity index (χ4n) is 4.25. The third kappa shape index (κ3) is 5.61. The predicted octanol–water partition coefficient (Wildman–Crippen LogP) is 6.84. The van der Waals surface area contributed by atoms with Gasteiger partial charge in [0, 0.05) is 23.7 Å². The first kappa shape index (κ1) is 26.4. The van der Waals surface area contributed by atoms with Crippen molar-refractivity contribution in [2.75, 3.05) is 12.4 Å². The fraction of sp³-hybridized carbons (Fsp3) is 0.0938. The van der Waals surface area contributed by atoms with E-state index < -0.39 is 11.8 Å². The Morgan fingerprint density at radius 2 is 1.55 bits per heavy atom. The molecule has 0 unspecified atom stereocenters. The SMILES string of the molecule is COc1cccc(C(=O)Nc2ccc(-c3c(-c4ccc(C)cc4)nn(-c4ccc(F)cc4)c3OC(C)=O)cc2)c1. The number of nitrogens with one attached hydrogen (secondary N) is 1. The number of hydrogen-bond acceptors (Lipinski definition) is 5. The lowest BCUT2D eigenvalue weighted by Gasteiger charge is -2.11. The van der Waals surface area contributed by atoms with Crippen LogP contribution in [0.5, 0.6) is 11.6 Å². The Kier molecular flexibility index (Phi) is 7.41. The molecule has 1 N–H and O–H groups in total. The summed E-state index contributed by atoms with van der Waals surface area (Å²) in [5.41, 5.74) is 5.32. The third-order valence-electron chi connectivity index (χ3n) is 6.24. The normalized spacial score (nSPS) is 10.7. The molecule has 7 nitrogen and oxygen atoms in total. The highest BCUT2D eigenvalue weighted by molar-refractivity contribution is 6.04. The minimum absolute atomic E-state index is 0.197. The van der Waals surface area contributed by atoms with Crippen molar-refractivity contribution in [2.24, 2.45) is 0 Å². The number of ether oxygens (including phenoxy) is 2. The van der Waals surface area contributed by atoms with Crippen LogP contribution in [0.15, 0.2) is 97.1 Å². The summed E-state index contributed by atoms with van der Waals surface area (Å²) in [7, 11) is 1.54. The zero-order valence-electron chi connectivity index (χ0n) is 22.1. The Morgan fingerprint density at radius 1 is 0.875 bits per heavy atom. The molecule has 5 aromatic rings. The van der Waals surface area contributed by atoms with Crippen molar-refractivity contribution in [3.05, 3.63) is 114 Å². The number of hydrogen-bond donors (Lipinski definition) is 1. The van der Waals surface area contributed by atoms with E-state index in [0.29, 0.717) is 39.5 Å². The minimum Gasteiger partial charge on any atom is -0.497 e. The molecule has 0 fully saturated rings. The second-order valence-electron chi connectivity index (χ2n) is 9.14. The van der Waals surface area contributed by atoms with E-state index in [1.165, 1.54) is 23.7 Å². The van der Waals surface area contributed by atoms with Crippen LogP contribution < -0.4 is 14.8 Å². The molecule has 0 saturated carbocycles. The Bertz CT molecular complexity index is 1680. The Balaban J connectivity index is 1.58. The van der Waals surface area contributed by atoms with E-state index in [-0.39, 0.29) is 11.8 Å². The summed E-state index contributed by atoms with van der Waals surface area (Å²) < 4.78 is 26.1.